The molecule has 1 amide bonds. The first kappa shape index (κ1) is 14.5. The number of anilines is 1. The summed E-state index contributed by atoms with van der Waals surface area (Å²) in [7, 11) is 1.31. The van der Waals surface area contributed by atoms with Crippen LogP contribution in [0.1, 0.15) is 23.5 Å². The van der Waals surface area contributed by atoms with E-state index in [1.807, 2.05) is 24.3 Å². The molecule has 106 valence electrons. The Hall–Kier alpha value is -1.92. The van der Waals surface area contributed by atoms with Crippen molar-refractivity contribution in [3.63, 3.8) is 0 Å². The van der Waals surface area contributed by atoms with E-state index in [0.29, 0.717) is 10.6 Å². The lowest BCUT2D eigenvalue weighted by Gasteiger charge is -2.18. The second kappa shape index (κ2) is 5.22. The Balaban J connectivity index is 2.54. The highest BCUT2D eigenvalue weighted by Crippen LogP contribution is 2.36. The normalized spacial score (nSPS) is 11.4. The molecule has 0 radical (unpaired) electrons. The van der Waals surface area contributed by atoms with Crippen LogP contribution in [0.25, 0.3) is 10.1 Å². The fourth-order valence-corrected chi connectivity index (χ4v) is 2.76. The van der Waals surface area contributed by atoms with Crippen LogP contribution in [0.2, 0.25) is 0 Å². The number of thiophene rings is 1. The van der Waals surface area contributed by atoms with Gasteiger partial charge in [-0.2, -0.15) is 0 Å². The first-order valence-electron chi connectivity index (χ1n) is 6.04. The van der Waals surface area contributed by atoms with Gasteiger partial charge in [-0.05, 0) is 19.9 Å². The number of benzene rings is 1. The van der Waals surface area contributed by atoms with Crippen molar-refractivity contribution in [1.29, 1.82) is 0 Å². The molecule has 0 aliphatic rings. The van der Waals surface area contributed by atoms with Crippen LogP contribution in [-0.4, -0.2) is 24.5 Å². The summed E-state index contributed by atoms with van der Waals surface area (Å²) >= 11 is 1.28. The van der Waals surface area contributed by atoms with E-state index in [1.54, 1.807) is 13.8 Å². The molecule has 0 saturated carbocycles. The number of fused-ring (bicyclic) bond motifs is 1. The lowest BCUT2D eigenvalue weighted by Crippen LogP contribution is -2.45. The van der Waals surface area contributed by atoms with Crippen LogP contribution >= 0.6 is 11.3 Å². The minimum absolute atomic E-state index is 0.355. The van der Waals surface area contributed by atoms with Gasteiger partial charge in [-0.1, -0.05) is 18.2 Å². The van der Waals surface area contributed by atoms with Crippen LogP contribution < -0.4 is 11.1 Å². The Bertz CT molecular complexity index is 671. The predicted molar refractivity (Wildman–Crippen MR) is 80.1 cm³/mol. The van der Waals surface area contributed by atoms with Gasteiger partial charge < -0.3 is 15.8 Å². The van der Waals surface area contributed by atoms with Crippen LogP contribution in [0.5, 0.6) is 0 Å². The highest BCUT2D eigenvalue weighted by atomic mass is 32.1. The molecule has 5 nitrogen and oxygen atoms in total. The molecule has 2 aromatic rings. The number of carbonyl (C=O) groups is 2. The van der Waals surface area contributed by atoms with Crippen molar-refractivity contribution in [2.24, 2.45) is 5.73 Å². The van der Waals surface area contributed by atoms with Gasteiger partial charge in [-0.15, -0.1) is 11.3 Å². The van der Waals surface area contributed by atoms with Gasteiger partial charge in [0.15, 0.2) is 0 Å². The Morgan fingerprint density at radius 1 is 1.30 bits per heavy atom. The molecule has 2 rings (SSSR count). The van der Waals surface area contributed by atoms with Crippen LogP contribution in [0.4, 0.5) is 5.69 Å². The summed E-state index contributed by atoms with van der Waals surface area (Å²) in [6.45, 7) is 3.21. The Kier molecular flexibility index (Phi) is 3.78. The molecular formula is C14H16N2O3S. The quantitative estimate of drug-likeness (QED) is 0.851. The molecule has 0 spiro atoms. The van der Waals surface area contributed by atoms with Gasteiger partial charge in [-0.25, -0.2) is 4.79 Å². The van der Waals surface area contributed by atoms with Crippen molar-refractivity contribution >= 4 is 39.0 Å². The maximum Gasteiger partial charge on any atom is 0.350 e. The number of ether oxygens (including phenoxy) is 1. The summed E-state index contributed by atoms with van der Waals surface area (Å²) in [5.41, 5.74) is 5.20. The number of nitrogens with two attached hydrogens (primary N) is 1. The number of hydrogen-bond donors (Lipinski definition) is 2. The average Bonchev–Trinajstić information content (AvgIpc) is 2.76. The molecule has 0 atom stereocenters. The van der Waals surface area contributed by atoms with Crippen molar-refractivity contribution < 1.29 is 14.3 Å². The van der Waals surface area contributed by atoms with Crippen molar-refractivity contribution in [2.75, 3.05) is 12.4 Å². The molecule has 0 saturated heterocycles. The Morgan fingerprint density at radius 3 is 2.55 bits per heavy atom. The van der Waals surface area contributed by atoms with Crippen molar-refractivity contribution in [1.82, 2.24) is 0 Å². The zero-order chi connectivity index (χ0) is 14.9. The standard InChI is InChI=1S/C14H16N2O3S/c1-14(2,15)13(18)16-10-8-6-4-5-7-9(8)20-11(10)12(17)19-3/h4-7H,15H2,1-3H3,(H,16,18). The van der Waals surface area contributed by atoms with Crippen molar-refractivity contribution in [3.05, 3.63) is 29.1 Å². The van der Waals surface area contributed by atoms with E-state index in [9.17, 15) is 9.59 Å². The molecule has 0 aliphatic carbocycles. The first-order valence-corrected chi connectivity index (χ1v) is 6.86. The number of carbonyl (C=O) groups excluding carboxylic acids is 2. The minimum atomic E-state index is -1.03. The maximum absolute atomic E-state index is 12.1. The highest BCUT2D eigenvalue weighted by Gasteiger charge is 2.26. The van der Waals surface area contributed by atoms with Gasteiger partial charge in [0.25, 0.3) is 0 Å². The molecule has 0 unspecified atom stereocenters. The molecular weight excluding hydrogens is 276 g/mol. The Morgan fingerprint density at radius 2 is 1.95 bits per heavy atom. The second-order valence-electron chi connectivity index (χ2n) is 4.97. The maximum atomic E-state index is 12.1. The van der Waals surface area contributed by atoms with E-state index < -0.39 is 11.5 Å². The zero-order valence-corrected chi connectivity index (χ0v) is 12.3. The third-order valence-corrected chi connectivity index (χ3v) is 3.94. The predicted octanol–water partition coefficient (Wildman–Crippen LogP) is 2.36. The molecule has 1 heterocycles. The van der Waals surface area contributed by atoms with E-state index >= 15 is 0 Å². The van der Waals surface area contributed by atoms with E-state index in [1.165, 1.54) is 18.4 Å². The SMILES string of the molecule is COC(=O)c1sc2ccccc2c1NC(=O)C(C)(C)N. The molecule has 1 aromatic carbocycles. The van der Waals surface area contributed by atoms with Gasteiger partial charge in [0, 0.05) is 10.1 Å². The molecule has 0 aliphatic heterocycles. The number of amides is 1. The monoisotopic (exact) mass is 292 g/mol. The molecule has 1 aromatic heterocycles. The molecule has 0 bridgehead atoms. The number of rotatable bonds is 3. The summed E-state index contributed by atoms with van der Waals surface area (Å²) < 4.78 is 5.66. The Labute approximate surface area is 120 Å². The van der Waals surface area contributed by atoms with E-state index in [2.05, 4.69) is 5.32 Å². The summed E-state index contributed by atoms with van der Waals surface area (Å²) in [4.78, 5) is 24.3. The second-order valence-corrected chi connectivity index (χ2v) is 6.02. The molecule has 0 fully saturated rings. The van der Waals surface area contributed by atoms with Crippen molar-refractivity contribution in [2.45, 2.75) is 19.4 Å². The first-order chi connectivity index (χ1) is 9.34. The van der Waals surface area contributed by atoms with Gasteiger partial charge in [0.2, 0.25) is 5.91 Å². The third-order valence-electron chi connectivity index (χ3n) is 2.79. The highest BCUT2D eigenvalue weighted by molar-refractivity contribution is 7.21. The summed E-state index contributed by atoms with van der Waals surface area (Å²) in [5.74, 6) is -0.831. The van der Waals surface area contributed by atoms with Crippen LogP contribution in [-0.2, 0) is 9.53 Å². The third kappa shape index (κ3) is 2.66. The van der Waals surface area contributed by atoms with Gasteiger partial charge in [0.05, 0.1) is 18.3 Å². The smallest absolute Gasteiger partial charge is 0.350 e. The zero-order valence-electron chi connectivity index (χ0n) is 11.5. The topological polar surface area (TPSA) is 81.4 Å². The summed E-state index contributed by atoms with van der Waals surface area (Å²) in [6.07, 6.45) is 0. The fraction of sp³-hybridized carbons (Fsp3) is 0.286. The molecule has 6 heteroatoms. The van der Waals surface area contributed by atoms with Crippen molar-refractivity contribution in [3.8, 4) is 0 Å². The van der Waals surface area contributed by atoms with Crippen LogP contribution in [0.3, 0.4) is 0 Å². The minimum Gasteiger partial charge on any atom is -0.465 e. The lowest BCUT2D eigenvalue weighted by atomic mass is 10.1. The van der Waals surface area contributed by atoms with Crippen LogP contribution in [0.15, 0.2) is 24.3 Å². The van der Waals surface area contributed by atoms with Gasteiger partial charge >= 0.3 is 5.97 Å². The number of hydrogen-bond acceptors (Lipinski definition) is 5. The van der Waals surface area contributed by atoms with E-state index in [4.69, 9.17) is 10.5 Å². The molecule has 20 heavy (non-hydrogen) atoms. The number of esters is 1. The van der Waals surface area contributed by atoms with E-state index in [-0.39, 0.29) is 5.91 Å². The average molecular weight is 292 g/mol. The largest absolute Gasteiger partial charge is 0.465 e. The summed E-state index contributed by atoms with van der Waals surface area (Å²) in [5, 5.41) is 3.54. The summed E-state index contributed by atoms with van der Waals surface area (Å²) in [6, 6.07) is 7.45. The number of nitrogens with one attached hydrogen (secondary N) is 1. The lowest BCUT2D eigenvalue weighted by molar-refractivity contribution is -0.120. The number of methoxy groups -OCH3 is 1. The van der Waals surface area contributed by atoms with Gasteiger partial charge in [-0.3, -0.25) is 4.79 Å². The van der Waals surface area contributed by atoms with Crippen LogP contribution in [0, 0.1) is 0 Å². The van der Waals surface area contributed by atoms with E-state index in [0.717, 1.165) is 10.1 Å². The fourth-order valence-electron chi connectivity index (χ4n) is 1.68. The molecule has 3 N–H and O–H groups in total. The van der Waals surface area contributed by atoms with Gasteiger partial charge in [0.1, 0.15) is 4.88 Å².